The van der Waals surface area contributed by atoms with Crippen LogP contribution in [0, 0.1) is 0 Å². The van der Waals surface area contributed by atoms with Crippen molar-refractivity contribution in [3.63, 3.8) is 0 Å². The van der Waals surface area contributed by atoms with Crippen molar-refractivity contribution in [1.82, 2.24) is 5.32 Å². The molecule has 1 unspecified atom stereocenters. The van der Waals surface area contributed by atoms with Gasteiger partial charge in [0.25, 0.3) is 0 Å². The highest BCUT2D eigenvalue weighted by Crippen LogP contribution is 2.20. The Kier molecular flexibility index (Phi) is 7.32. The molecular formula is C13H19F2NO3. The fraction of sp³-hybridized carbons (Fsp3) is 0.538. The van der Waals surface area contributed by atoms with E-state index in [1.807, 2.05) is 13.0 Å². The average Bonchev–Trinajstić information content (AvgIpc) is 2.38. The second-order valence-corrected chi connectivity index (χ2v) is 3.96. The van der Waals surface area contributed by atoms with E-state index in [0.717, 1.165) is 5.56 Å². The summed E-state index contributed by atoms with van der Waals surface area (Å²) >= 11 is 0. The van der Waals surface area contributed by atoms with Gasteiger partial charge in [-0.2, -0.15) is 8.78 Å². The molecule has 0 radical (unpaired) electrons. The van der Waals surface area contributed by atoms with E-state index < -0.39 is 6.61 Å². The number of rotatable bonds is 9. The van der Waals surface area contributed by atoms with Crippen LogP contribution in [0.25, 0.3) is 0 Å². The van der Waals surface area contributed by atoms with Crippen LogP contribution in [0.3, 0.4) is 0 Å². The van der Waals surface area contributed by atoms with Crippen molar-refractivity contribution in [1.29, 1.82) is 0 Å². The highest BCUT2D eigenvalue weighted by atomic mass is 19.3. The van der Waals surface area contributed by atoms with E-state index in [1.165, 1.54) is 6.07 Å². The first-order valence-electron chi connectivity index (χ1n) is 6.10. The first-order valence-corrected chi connectivity index (χ1v) is 6.10. The van der Waals surface area contributed by atoms with Gasteiger partial charge >= 0.3 is 6.61 Å². The van der Waals surface area contributed by atoms with E-state index in [1.54, 1.807) is 12.1 Å². The van der Waals surface area contributed by atoms with E-state index in [-0.39, 0.29) is 18.4 Å². The summed E-state index contributed by atoms with van der Waals surface area (Å²) in [5.74, 6) is 0.151. The van der Waals surface area contributed by atoms with Crippen LogP contribution in [0.4, 0.5) is 8.78 Å². The zero-order chi connectivity index (χ0) is 14.1. The van der Waals surface area contributed by atoms with Gasteiger partial charge < -0.3 is 19.9 Å². The molecule has 0 bridgehead atoms. The third-order valence-electron chi connectivity index (χ3n) is 2.52. The molecule has 2 N–H and O–H groups in total. The van der Waals surface area contributed by atoms with Crippen LogP contribution in [-0.2, 0) is 4.74 Å². The number of hydrogen-bond donors (Lipinski definition) is 2. The SMILES string of the molecule is CC(NCCOCCO)c1cccc(OC(F)F)c1. The van der Waals surface area contributed by atoms with Crippen LogP contribution in [0.2, 0.25) is 0 Å². The number of hydrogen-bond acceptors (Lipinski definition) is 4. The Morgan fingerprint density at radius 3 is 2.79 bits per heavy atom. The lowest BCUT2D eigenvalue weighted by Gasteiger charge is -2.15. The van der Waals surface area contributed by atoms with Gasteiger partial charge in [0, 0.05) is 12.6 Å². The minimum atomic E-state index is -2.81. The minimum absolute atomic E-state index is 0.000973. The normalized spacial score (nSPS) is 12.7. The van der Waals surface area contributed by atoms with Gasteiger partial charge in [-0.1, -0.05) is 12.1 Å². The summed E-state index contributed by atoms with van der Waals surface area (Å²) in [7, 11) is 0. The smallest absolute Gasteiger partial charge is 0.387 e. The summed E-state index contributed by atoms with van der Waals surface area (Å²) in [6, 6.07) is 6.59. The second kappa shape index (κ2) is 8.79. The van der Waals surface area contributed by atoms with E-state index in [2.05, 4.69) is 10.1 Å². The first-order chi connectivity index (χ1) is 9.13. The van der Waals surface area contributed by atoms with Crippen LogP contribution in [0.1, 0.15) is 18.5 Å². The summed E-state index contributed by atoms with van der Waals surface area (Å²) in [4.78, 5) is 0. The zero-order valence-corrected chi connectivity index (χ0v) is 10.8. The number of aliphatic hydroxyl groups is 1. The van der Waals surface area contributed by atoms with Crippen molar-refractivity contribution < 1.29 is 23.4 Å². The Morgan fingerprint density at radius 1 is 1.32 bits per heavy atom. The molecule has 6 heteroatoms. The summed E-state index contributed by atoms with van der Waals surface area (Å²) in [6.45, 7) is 0.522. The largest absolute Gasteiger partial charge is 0.435 e. The van der Waals surface area contributed by atoms with Crippen molar-refractivity contribution in [3.8, 4) is 5.75 Å². The molecule has 0 saturated heterocycles. The summed E-state index contributed by atoms with van der Waals surface area (Å²) in [6.07, 6.45) is 0. The molecule has 0 saturated carbocycles. The van der Waals surface area contributed by atoms with Crippen molar-refractivity contribution in [2.24, 2.45) is 0 Å². The highest BCUT2D eigenvalue weighted by molar-refractivity contribution is 5.30. The molecule has 0 aliphatic heterocycles. The van der Waals surface area contributed by atoms with Gasteiger partial charge in [-0.25, -0.2) is 0 Å². The molecule has 1 rings (SSSR count). The van der Waals surface area contributed by atoms with Crippen LogP contribution < -0.4 is 10.1 Å². The quantitative estimate of drug-likeness (QED) is 0.676. The fourth-order valence-corrected chi connectivity index (χ4v) is 1.59. The van der Waals surface area contributed by atoms with Crippen LogP contribution in [0.15, 0.2) is 24.3 Å². The van der Waals surface area contributed by atoms with Crippen molar-refractivity contribution in [3.05, 3.63) is 29.8 Å². The standard InChI is InChI=1S/C13H19F2NO3/c1-10(16-5-7-18-8-6-17)11-3-2-4-12(9-11)19-13(14)15/h2-4,9-10,13,16-17H,5-8H2,1H3. The molecule has 1 aromatic rings. The van der Waals surface area contributed by atoms with Gasteiger partial charge in [-0.05, 0) is 24.6 Å². The molecule has 0 heterocycles. The predicted molar refractivity (Wildman–Crippen MR) is 67.4 cm³/mol. The highest BCUT2D eigenvalue weighted by Gasteiger charge is 2.08. The molecule has 0 aromatic heterocycles. The van der Waals surface area contributed by atoms with Gasteiger partial charge in [0.05, 0.1) is 19.8 Å². The van der Waals surface area contributed by atoms with Gasteiger partial charge in [0.1, 0.15) is 5.75 Å². The lowest BCUT2D eigenvalue weighted by molar-refractivity contribution is -0.0499. The first kappa shape index (κ1) is 15.8. The van der Waals surface area contributed by atoms with Crippen molar-refractivity contribution in [2.75, 3.05) is 26.4 Å². The maximum absolute atomic E-state index is 12.1. The maximum atomic E-state index is 12.1. The predicted octanol–water partition coefficient (Wildman–Crippen LogP) is 1.95. The van der Waals surface area contributed by atoms with Gasteiger partial charge in [-0.3, -0.25) is 0 Å². The topological polar surface area (TPSA) is 50.7 Å². The monoisotopic (exact) mass is 275 g/mol. The molecule has 1 atom stereocenters. The fourth-order valence-electron chi connectivity index (χ4n) is 1.59. The molecule has 4 nitrogen and oxygen atoms in total. The third-order valence-corrected chi connectivity index (χ3v) is 2.52. The minimum Gasteiger partial charge on any atom is -0.435 e. The Labute approximate surface area is 111 Å². The van der Waals surface area contributed by atoms with Gasteiger partial charge in [-0.15, -0.1) is 0 Å². The van der Waals surface area contributed by atoms with Gasteiger partial charge in [0.2, 0.25) is 0 Å². The Bertz CT molecular complexity index is 363. The molecule has 108 valence electrons. The van der Waals surface area contributed by atoms with E-state index in [4.69, 9.17) is 9.84 Å². The molecule has 19 heavy (non-hydrogen) atoms. The molecule has 0 amide bonds. The maximum Gasteiger partial charge on any atom is 0.387 e. The lowest BCUT2D eigenvalue weighted by Crippen LogP contribution is -2.23. The second-order valence-electron chi connectivity index (χ2n) is 3.96. The van der Waals surface area contributed by atoms with E-state index in [9.17, 15) is 8.78 Å². The number of halogens is 2. The molecule has 0 spiro atoms. The van der Waals surface area contributed by atoms with E-state index in [0.29, 0.717) is 19.8 Å². The number of nitrogens with one attached hydrogen (secondary N) is 1. The molecule has 1 aromatic carbocycles. The van der Waals surface area contributed by atoms with Crippen LogP contribution in [0.5, 0.6) is 5.75 Å². The Hall–Kier alpha value is -1.24. The van der Waals surface area contributed by atoms with Crippen molar-refractivity contribution >= 4 is 0 Å². The molecular weight excluding hydrogens is 256 g/mol. The van der Waals surface area contributed by atoms with Crippen molar-refractivity contribution in [2.45, 2.75) is 19.6 Å². The lowest BCUT2D eigenvalue weighted by atomic mass is 10.1. The third kappa shape index (κ3) is 6.47. The summed E-state index contributed by atoms with van der Waals surface area (Å²) in [5.41, 5.74) is 0.861. The zero-order valence-electron chi connectivity index (χ0n) is 10.8. The number of benzene rings is 1. The number of alkyl halides is 2. The summed E-state index contributed by atoms with van der Waals surface area (Å²) in [5, 5.41) is 11.7. The summed E-state index contributed by atoms with van der Waals surface area (Å²) < 4.78 is 33.7. The van der Waals surface area contributed by atoms with Gasteiger partial charge in [0.15, 0.2) is 0 Å². The van der Waals surface area contributed by atoms with Crippen LogP contribution in [-0.4, -0.2) is 38.1 Å². The number of ether oxygens (including phenoxy) is 2. The number of aliphatic hydroxyl groups excluding tert-OH is 1. The Morgan fingerprint density at radius 2 is 2.11 bits per heavy atom. The van der Waals surface area contributed by atoms with E-state index >= 15 is 0 Å². The Balaban J connectivity index is 2.40. The molecule has 0 aliphatic carbocycles. The van der Waals surface area contributed by atoms with Crippen LogP contribution >= 0.6 is 0 Å². The molecule has 0 aliphatic rings. The molecule has 0 fully saturated rings. The average molecular weight is 275 g/mol.